The van der Waals surface area contributed by atoms with Crippen LogP contribution in [0.3, 0.4) is 0 Å². The maximum atomic E-state index is 12.6. The van der Waals surface area contributed by atoms with Crippen LogP contribution in [-0.2, 0) is 32.7 Å². The van der Waals surface area contributed by atoms with Gasteiger partial charge in [0.2, 0.25) is 0 Å². The molecule has 0 aliphatic rings. The molecule has 0 saturated heterocycles. The van der Waals surface area contributed by atoms with Crippen molar-refractivity contribution in [3.05, 3.63) is 72.9 Å². The number of carbonyl (C=O) groups excluding carboxylic acids is 2. The van der Waals surface area contributed by atoms with Gasteiger partial charge in [0.1, 0.15) is 12.7 Å². The van der Waals surface area contributed by atoms with Gasteiger partial charge in [0, 0.05) is 12.8 Å². The highest BCUT2D eigenvalue weighted by Gasteiger charge is 2.27. The van der Waals surface area contributed by atoms with Crippen LogP contribution in [-0.4, -0.2) is 76.9 Å². The summed E-state index contributed by atoms with van der Waals surface area (Å²) in [5.74, 6) is -0.299. The van der Waals surface area contributed by atoms with Gasteiger partial charge in [-0.05, 0) is 50.9 Å². The number of ether oxygens (including phenoxy) is 2. The van der Waals surface area contributed by atoms with Gasteiger partial charge in [-0.2, -0.15) is 0 Å². The molecule has 0 heterocycles. The molecule has 0 amide bonds. The number of hydrogen-bond acceptors (Lipinski definition) is 10. The van der Waals surface area contributed by atoms with Crippen LogP contribution >= 0.6 is 7.82 Å². The second-order valence-electron chi connectivity index (χ2n) is 14.0. The van der Waals surface area contributed by atoms with E-state index in [1.807, 2.05) is 54.7 Å². The standard InChI is InChI=1S/C43H73O11P/c1-4-5-6-7-20-25-30-39(45)31-26-21-16-12-8-9-13-17-22-27-32-42(47)51-36-41(37-53-55(49,50)52-35-40(46)34-44)54-43(48)33-28-23-18-14-10-11-15-19-24-29-38(2)3/h5-6,8-9,16-17,20-22,25-26,31,38-41,44-46H,4,7,10-15,18-19,23-24,27-30,32-37H2,1-3H3,(H,49,50)/b6-5-,9-8-,21-16-,22-17-,25-20-,31-26+/t39?,40-,41+/m0/s1. The number of carbonyl (C=O) groups is 2. The van der Waals surface area contributed by atoms with Crippen LogP contribution in [0.25, 0.3) is 0 Å². The van der Waals surface area contributed by atoms with Gasteiger partial charge >= 0.3 is 19.8 Å². The third-order valence-corrected chi connectivity index (χ3v) is 9.10. The summed E-state index contributed by atoms with van der Waals surface area (Å²) in [5, 5.41) is 28.3. The van der Waals surface area contributed by atoms with Crippen LogP contribution in [0.1, 0.15) is 136 Å². The molecule has 0 radical (unpaired) electrons. The third-order valence-electron chi connectivity index (χ3n) is 8.15. The lowest BCUT2D eigenvalue weighted by Crippen LogP contribution is -2.29. The van der Waals surface area contributed by atoms with Gasteiger partial charge in [-0.1, -0.05) is 151 Å². The monoisotopic (exact) mass is 796 g/mol. The third kappa shape index (κ3) is 38.0. The summed E-state index contributed by atoms with van der Waals surface area (Å²) in [6.07, 6.45) is 36.4. The number of allylic oxidation sites excluding steroid dienone is 10. The van der Waals surface area contributed by atoms with Crippen LogP contribution in [0.2, 0.25) is 0 Å². The minimum Gasteiger partial charge on any atom is -0.462 e. The molecule has 0 spiro atoms. The molecule has 0 aromatic heterocycles. The van der Waals surface area contributed by atoms with Crippen molar-refractivity contribution < 1.29 is 52.9 Å². The van der Waals surface area contributed by atoms with Crippen LogP contribution in [0.5, 0.6) is 0 Å². The number of phosphoric acid groups is 1. The zero-order valence-electron chi connectivity index (χ0n) is 33.9. The fraction of sp³-hybridized carbons (Fsp3) is 0.674. The summed E-state index contributed by atoms with van der Waals surface area (Å²) >= 11 is 0. The zero-order valence-corrected chi connectivity index (χ0v) is 34.8. The minimum atomic E-state index is -4.64. The van der Waals surface area contributed by atoms with Gasteiger partial charge in [-0.25, -0.2) is 4.57 Å². The molecule has 12 heteroatoms. The first kappa shape index (κ1) is 52.4. The minimum absolute atomic E-state index is 0.0902. The van der Waals surface area contributed by atoms with E-state index in [0.717, 1.165) is 44.4 Å². The molecular formula is C43H73O11P. The Morgan fingerprint density at radius 1 is 0.673 bits per heavy atom. The normalized spacial score (nSPS) is 15.3. The Morgan fingerprint density at radius 3 is 1.91 bits per heavy atom. The molecule has 316 valence electrons. The molecule has 0 rings (SSSR count). The van der Waals surface area contributed by atoms with E-state index >= 15 is 0 Å². The fourth-order valence-electron chi connectivity index (χ4n) is 4.99. The summed E-state index contributed by atoms with van der Waals surface area (Å²) in [6, 6.07) is 0. The quantitative estimate of drug-likeness (QED) is 0.0157. The van der Waals surface area contributed by atoms with Crippen LogP contribution in [0.4, 0.5) is 0 Å². The number of aliphatic hydroxyl groups excluding tert-OH is 3. The molecule has 11 nitrogen and oxygen atoms in total. The predicted molar refractivity (Wildman–Crippen MR) is 220 cm³/mol. The molecule has 0 fully saturated rings. The maximum absolute atomic E-state index is 12.6. The molecule has 0 aliphatic heterocycles. The number of hydrogen-bond donors (Lipinski definition) is 4. The molecule has 2 unspecified atom stereocenters. The zero-order chi connectivity index (χ0) is 40.8. The van der Waals surface area contributed by atoms with Crippen molar-refractivity contribution in [3.8, 4) is 0 Å². The number of esters is 2. The Kier molecular flexibility index (Phi) is 35.2. The van der Waals surface area contributed by atoms with E-state index < -0.39 is 57.9 Å². The van der Waals surface area contributed by atoms with Crippen molar-refractivity contribution in [3.63, 3.8) is 0 Å². The van der Waals surface area contributed by atoms with E-state index in [1.165, 1.54) is 38.5 Å². The van der Waals surface area contributed by atoms with Crippen LogP contribution < -0.4 is 0 Å². The van der Waals surface area contributed by atoms with E-state index in [2.05, 4.69) is 37.4 Å². The second-order valence-corrected chi connectivity index (χ2v) is 15.4. The van der Waals surface area contributed by atoms with E-state index in [1.54, 1.807) is 6.08 Å². The lowest BCUT2D eigenvalue weighted by Gasteiger charge is -2.20. The van der Waals surface area contributed by atoms with Crippen molar-refractivity contribution in [2.45, 2.75) is 155 Å². The van der Waals surface area contributed by atoms with Crippen LogP contribution in [0, 0.1) is 5.92 Å². The van der Waals surface area contributed by atoms with Crippen molar-refractivity contribution >= 4 is 19.8 Å². The van der Waals surface area contributed by atoms with Gasteiger partial charge in [-0.3, -0.25) is 18.6 Å². The topological polar surface area (TPSA) is 169 Å². The number of aliphatic hydroxyl groups is 3. The highest BCUT2D eigenvalue weighted by molar-refractivity contribution is 7.47. The van der Waals surface area contributed by atoms with Crippen LogP contribution in [0.15, 0.2) is 72.9 Å². The van der Waals surface area contributed by atoms with E-state index in [0.29, 0.717) is 25.7 Å². The van der Waals surface area contributed by atoms with Gasteiger partial charge in [0.15, 0.2) is 6.10 Å². The van der Waals surface area contributed by atoms with E-state index in [9.17, 15) is 29.3 Å². The molecular weight excluding hydrogens is 723 g/mol. The number of phosphoric ester groups is 1. The SMILES string of the molecule is CC/C=C\C/C=C\CC(O)/C=C/C=C\C/C=C\C/C=C\CCC(=O)OC[C@H](COP(=O)(O)OC[C@@H](O)CO)OC(=O)CCCCCCCCCCCC(C)C. The molecule has 4 atom stereocenters. The molecule has 0 aromatic rings. The first-order valence-corrected chi connectivity index (χ1v) is 21.9. The molecule has 0 bridgehead atoms. The first-order valence-electron chi connectivity index (χ1n) is 20.4. The number of unbranched alkanes of at least 4 members (excludes halogenated alkanes) is 8. The van der Waals surface area contributed by atoms with Crippen molar-refractivity contribution in [2.75, 3.05) is 26.4 Å². The summed E-state index contributed by atoms with van der Waals surface area (Å²) in [5.41, 5.74) is 0. The molecule has 0 aromatic carbocycles. The summed E-state index contributed by atoms with van der Waals surface area (Å²) < 4.78 is 32.5. The lowest BCUT2D eigenvalue weighted by molar-refractivity contribution is -0.161. The lowest BCUT2D eigenvalue weighted by atomic mass is 10.0. The Balaban J connectivity index is 4.52. The summed E-state index contributed by atoms with van der Waals surface area (Å²) in [6.45, 7) is 4.35. The highest BCUT2D eigenvalue weighted by atomic mass is 31.2. The first-order chi connectivity index (χ1) is 26.5. The summed E-state index contributed by atoms with van der Waals surface area (Å²) in [7, 11) is -4.64. The Bertz CT molecular complexity index is 1180. The smallest absolute Gasteiger partial charge is 0.462 e. The van der Waals surface area contributed by atoms with Crippen molar-refractivity contribution in [1.29, 1.82) is 0 Å². The van der Waals surface area contributed by atoms with Gasteiger partial charge < -0.3 is 29.7 Å². The average Bonchev–Trinajstić information content (AvgIpc) is 3.15. The van der Waals surface area contributed by atoms with Gasteiger partial charge in [-0.15, -0.1) is 0 Å². The van der Waals surface area contributed by atoms with Gasteiger partial charge in [0.25, 0.3) is 0 Å². The average molecular weight is 797 g/mol. The van der Waals surface area contributed by atoms with Gasteiger partial charge in [0.05, 0.1) is 25.9 Å². The molecule has 4 N–H and O–H groups in total. The largest absolute Gasteiger partial charge is 0.472 e. The molecule has 0 saturated carbocycles. The highest BCUT2D eigenvalue weighted by Crippen LogP contribution is 2.43. The maximum Gasteiger partial charge on any atom is 0.472 e. The molecule has 0 aliphatic carbocycles. The Hall–Kier alpha value is -2.63. The molecule has 55 heavy (non-hydrogen) atoms. The van der Waals surface area contributed by atoms with Crippen molar-refractivity contribution in [2.24, 2.45) is 5.92 Å². The Labute approximate surface area is 331 Å². The van der Waals surface area contributed by atoms with E-state index in [4.69, 9.17) is 19.1 Å². The number of rotatable bonds is 36. The Morgan fingerprint density at radius 2 is 1.25 bits per heavy atom. The van der Waals surface area contributed by atoms with Crippen molar-refractivity contribution in [1.82, 2.24) is 0 Å². The fourth-order valence-corrected chi connectivity index (χ4v) is 5.78. The summed E-state index contributed by atoms with van der Waals surface area (Å²) in [4.78, 5) is 34.9. The second kappa shape index (κ2) is 37.0. The predicted octanol–water partition coefficient (Wildman–Crippen LogP) is 9.32. The van der Waals surface area contributed by atoms with E-state index in [-0.39, 0.29) is 19.4 Å².